The summed E-state index contributed by atoms with van der Waals surface area (Å²) in [7, 11) is -1.08. The van der Waals surface area contributed by atoms with Gasteiger partial charge in [0.15, 0.2) is 15.0 Å². The molecule has 2 fully saturated rings. The van der Waals surface area contributed by atoms with Crippen molar-refractivity contribution >= 4 is 27.5 Å². The topological polar surface area (TPSA) is 72.3 Å². The molecule has 1 aromatic heterocycles. The third-order valence-electron chi connectivity index (χ3n) is 4.71. The molecular formula is C15H23N3O3S2. The minimum Gasteiger partial charge on any atom is -0.335 e. The SMILES string of the molecule is Cn1ccnc1SCC(=O)N(C1CCCC1)C1CCS(=O)(=O)C1. The van der Waals surface area contributed by atoms with E-state index in [2.05, 4.69) is 4.98 Å². The molecule has 3 rings (SSSR count). The van der Waals surface area contributed by atoms with Gasteiger partial charge in [0.1, 0.15) is 0 Å². The molecule has 1 saturated heterocycles. The van der Waals surface area contributed by atoms with Crippen molar-refractivity contribution < 1.29 is 13.2 Å². The van der Waals surface area contributed by atoms with E-state index in [-0.39, 0.29) is 29.5 Å². The Morgan fingerprint density at radius 3 is 2.65 bits per heavy atom. The summed E-state index contributed by atoms with van der Waals surface area (Å²) >= 11 is 1.42. The molecule has 0 spiro atoms. The number of hydrogen-bond acceptors (Lipinski definition) is 5. The largest absolute Gasteiger partial charge is 0.335 e. The molecule has 1 aliphatic heterocycles. The van der Waals surface area contributed by atoms with Crippen LogP contribution in [0.25, 0.3) is 0 Å². The highest BCUT2D eigenvalue weighted by Crippen LogP contribution is 2.30. The predicted molar refractivity (Wildman–Crippen MR) is 90.1 cm³/mol. The van der Waals surface area contributed by atoms with Crippen molar-refractivity contribution in [3.8, 4) is 0 Å². The molecule has 2 heterocycles. The molecule has 1 amide bonds. The van der Waals surface area contributed by atoms with Gasteiger partial charge in [0.2, 0.25) is 5.91 Å². The van der Waals surface area contributed by atoms with Gasteiger partial charge in [-0.15, -0.1) is 0 Å². The van der Waals surface area contributed by atoms with Gasteiger partial charge in [-0.05, 0) is 19.3 Å². The average Bonchev–Trinajstić information content (AvgIpc) is 3.20. The van der Waals surface area contributed by atoms with Crippen molar-refractivity contribution in [2.45, 2.75) is 49.3 Å². The number of aromatic nitrogens is 2. The van der Waals surface area contributed by atoms with Crippen molar-refractivity contribution in [3.05, 3.63) is 12.4 Å². The Kier molecular flexibility index (Phi) is 5.01. The van der Waals surface area contributed by atoms with Crippen LogP contribution in [0.1, 0.15) is 32.1 Å². The van der Waals surface area contributed by atoms with Crippen LogP contribution in [0.3, 0.4) is 0 Å². The quantitative estimate of drug-likeness (QED) is 0.746. The lowest BCUT2D eigenvalue weighted by molar-refractivity contribution is -0.132. The van der Waals surface area contributed by atoms with Crippen LogP contribution in [0.4, 0.5) is 0 Å². The number of rotatable bonds is 5. The third-order valence-corrected chi connectivity index (χ3v) is 7.50. The van der Waals surface area contributed by atoms with E-state index in [9.17, 15) is 13.2 Å². The van der Waals surface area contributed by atoms with E-state index in [0.29, 0.717) is 12.2 Å². The van der Waals surface area contributed by atoms with Gasteiger partial charge in [0, 0.05) is 31.5 Å². The van der Waals surface area contributed by atoms with Gasteiger partial charge in [0.05, 0.1) is 17.3 Å². The summed E-state index contributed by atoms with van der Waals surface area (Å²) < 4.78 is 25.5. The zero-order valence-electron chi connectivity index (χ0n) is 13.3. The first-order chi connectivity index (χ1) is 11.0. The van der Waals surface area contributed by atoms with Crippen molar-refractivity contribution in [1.82, 2.24) is 14.5 Å². The molecule has 0 radical (unpaired) electrons. The Morgan fingerprint density at radius 1 is 1.35 bits per heavy atom. The first-order valence-electron chi connectivity index (χ1n) is 8.08. The van der Waals surface area contributed by atoms with Crippen molar-refractivity contribution in [2.24, 2.45) is 7.05 Å². The third kappa shape index (κ3) is 3.91. The van der Waals surface area contributed by atoms with Crippen LogP contribution in [0.15, 0.2) is 17.6 Å². The van der Waals surface area contributed by atoms with Gasteiger partial charge in [-0.1, -0.05) is 24.6 Å². The maximum Gasteiger partial charge on any atom is 0.233 e. The summed E-state index contributed by atoms with van der Waals surface area (Å²) in [5.74, 6) is 0.702. The highest BCUT2D eigenvalue weighted by molar-refractivity contribution is 7.99. The van der Waals surface area contributed by atoms with Gasteiger partial charge in [-0.25, -0.2) is 13.4 Å². The molecule has 1 saturated carbocycles. The van der Waals surface area contributed by atoms with E-state index in [4.69, 9.17) is 0 Å². The second kappa shape index (κ2) is 6.84. The monoisotopic (exact) mass is 357 g/mol. The number of hydrogen-bond donors (Lipinski definition) is 0. The number of nitrogens with zero attached hydrogens (tertiary/aromatic N) is 3. The Morgan fingerprint density at radius 2 is 2.09 bits per heavy atom. The molecule has 1 aliphatic carbocycles. The standard InChI is InChI=1S/C15H23N3O3S2/c1-17-8-7-16-15(17)22-10-14(19)18(12-4-2-3-5-12)13-6-9-23(20,21)11-13/h7-8,12-13H,2-6,9-11H2,1H3. The maximum atomic E-state index is 12.8. The summed E-state index contributed by atoms with van der Waals surface area (Å²) in [6.07, 6.45) is 8.39. The summed E-state index contributed by atoms with van der Waals surface area (Å²) in [5.41, 5.74) is 0. The van der Waals surface area contributed by atoms with Gasteiger partial charge in [-0.3, -0.25) is 4.79 Å². The molecule has 1 unspecified atom stereocenters. The van der Waals surface area contributed by atoms with E-state index in [1.807, 2.05) is 22.7 Å². The normalized spacial score (nSPS) is 24.1. The fraction of sp³-hybridized carbons (Fsp3) is 0.733. The van der Waals surface area contributed by atoms with Crippen LogP contribution in [0.5, 0.6) is 0 Å². The fourth-order valence-electron chi connectivity index (χ4n) is 3.57. The number of sulfone groups is 1. The smallest absolute Gasteiger partial charge is 0.233 e. The molecule has 23 heavy (non-hydrogen) atoms. The van der Waals surface area contributed by atoms with Crippen molar-refractivity contribution in [1.29, 1.82) is 0 Å². The second-order valence-electron chi connectivity index (χ2n) is 6.41. The summed E-state index contributed by atoms with van der Waals surface area (Å²) in [4.78, 5) is 18.9. The highest BCUT2D eigenvalue weighted by Gasteiger charge is 2.38. The lowest BCUT2D eigenvalue weighted by atomic mass is 10.1. The summed E-state index contributed by atoms with van der Waals surface area (Å²) in [5, 5.41) is 0.809. The molecule has 0 aromatic carbocycles. The lowest BCUT2D eigenvalue weighted by Gasteiger charge is -2.34. The minimum atomic E-state index is -2.99. The van der Waals surface area contributed by atoms with Gasteiger partial charge < -0.3 is 9.47 Å². The fourth-order valence-corrected chi connectivity index (χ4v) is 6.09. The maximum absolute atomic E-state index is 12.8. The molecule has 6 nitrogen and oxygen atoms in total. The number of aryl methyl sites for hydroxylation is 1. The highest BCUT2D eigenvalue weighted by atomic mass is 32.2. The van der Waals surface area contributed by atoms with Gasteiger partial charge in [-0.2, -0.15) is 0 Å². The van der Waals surface area contributed by atoms with Crippen molar-refractivity contribution in [3.63, 3.8) is 0 Å². The second-order valence-corrected chi connectivity index (χ2v) is 9.58. The molecule has 8 heteroatoms. The van der Waals surface area contributed by atoms with Gasteiger partial charge in [0.25, 0.3) is 0 Å². The van der Waals surface area contributed by atoms with Crippen LogP contribution in [0.2, 0.25) is 0 Å². The van der Waals surface area contributed by atoms with Crippen LogP contribution in [0, 0.1) is 0 Å². The molecular weight excluding hydrogens is 334 g/mol. The molecule has 2 aliphatic rings. The summed E-state index contributed by atoms with van der Waals surface area (Å²) in [6.45, 7) is 0. The Bertz CT molecular complexity index is 665. The first kappa shape index (κ1) is 16.8. The molecule has 1 aromatic rings. The van der Waals surface area contributed by atoms with Crippen LogP contribution in [-0.4, -0.2) is 58.1 Å². The first-order valence-corrected chi connectivity index (χ1v) is 10.9. The van der Waals surface area contributed by atoms with Gasteiger partial charge >= 0.3 is 0 Å². The van der Waals surface area contributed by atoms with E-state index >= 15 is 0 Å². The average molecular weight is 358 g/mol. The molecule has 1 atom stereocenters. The Hall–Kier alpha value is -1.02. The van der Waals surface area contributed by atoms with Crippen molar-refractivity contribution in [2.75, 3.05) is 17.3 Å². The molecule has 0 bridgehead atoms. The van der Waals surface area contributed by atoms with E-state index in [1.165, 1.54) is 11.8 Å². The van der Waals surface area contributed by atoms with E-state index in [1.54, 1.807) is 6.20 Å². The zero-order chi connectivity index (χ0) is 16.4. The minimum absolute atomic E-state index is 0.0481. The van der Waals surface area contributed by atoms with Crippen LogP contribution < -0.4 is 0 Å². The molecule has 0 N–H and O–H groups in total. The number of carbonyl (C=O) groups is 1. The lowest BCUT2D eigenvalue weighted by Crippen LogP contribution is -2.47. The number of thioether (sulfide) groups is 1. The number of amides is 1. The van der Waals surface area contributed by atoms with E-state index in [0.717, 1.165) is 30.8 Å². The Balaban J connectivity index is 1.69. The summed E-state index contributed by atoms with van der Waals surface area (Å²) in [6, 6.07) is 0.0698. The molecule has 128 valence electrons. The Labute approximate surface area is 141 Å². The van der Waals surface area contributed by atoms with Crippen LogP contribution >= 0.6 is 11.8 Å². The zero-order valence-corrected chi connectivity index (χ0v) is 15.0. The predicted octanol–water partition coefficient (Wildman–Crippen LogP) is 1.47. The van der Waals surface area contributed by atoms with E-state index < -0.39 is 9.84 Å². The number of carbonyl (C=O) groups excluding carboxylic acids is 1. The van der Waals surface area contributed by atoms with Crippen LogP contribution in [-0.2, 0) is 21.7 Å². The number of imidazole rings is 1.